The number of rotatable bonds is 5. The smallest absolute Gasteiger partial charge is 0.311 e. The Hall–Kier alpha value is -2.57. The second-order valence-electron chi connectivity index (χ2n) is 4.57. The lowest BCUT2D eigenvalue weighted by molar-refractivity contribution is -0.385. The zero-order chi connectivity index (χ0) is 14.7. The molecule has 2 rings (SSSR count). The van der Waals surface area contributed by atoms with Gasteiger partial charge in [-0.1, -0.05) is 0 Å². The normalized spacial score (nSPS) is 10.6. The summed E-state index contributed by atoms with van der Waals surface area (Å²) in [4.78, 5) is 10.3. The van der Waals surface area contributed by atoms with Crippen molar-refractivity contribution in [3.05, 3.63) is 40.7 Å². The quantitative estimate of drug-likeness (QED) is 0.670. The van der Waals surface area contributed by atoms with Crippen LogP contribution in [0.5, 0.6) is 5.75 Å². The standard InChI is InChI=1S/C13H16N4O3/c1-9(2)16-8-11(7-14-16)15-10-4-5-12(17(18)19)13(6-10)20-3/h4-9,15H,1-3H3. The minimum atomic E-state index is -0.473. The molecule has 7 heteroatoms. The molecule has 1 aromatic heterocycles. The first kappa shape index (κ1) is 13.9. The van der Waals surface area contributed by atoms with Crippen molar-refractivity contribution in [1.29, 1.82) is 0 Å². The van der Waals surface area contributed by atoms with E-state index in [-0.39, 0.29) is 17.5 Å². The number of anilines is 2. The molecule has 0 amide bonds. The fourth-order valence-electron chi connectivity index (χ4n) is 1.76. The second kappa shape index (κ2) is 5.60. The molecular formula is C13H16N4O3. The first-order valence-corrected chi connectivity index (χ1v) is 6.15. The molecule has 1 aromatic carbocycles. The number of nitro groups is 1. The van der Waals surface area contributed by atoms with Crippen LogP contribution in [0.25, 0.3) is 0 Å². The largest absolute Gasteiger partial charge is 0.490 e. The number of hydrogen-bond acceptors (Lipinski definition) is 5. The van der Waals surface area contributed by atoms with Crippen molar-refractivity contribution in [2.45, 2.75) is 19.9 Å². The maximum atomic E-state index is 10.8. The molecule has 106 valence electrons. The van der Waals surface area contributed by atoms with Crippen LogP contribution >= 0.6 is 0 Å². The molecule has 0 unspecified atom stereocenters. The van der Waals surface area contributed by atoms with Crippen molar-refractivity contribution in [2.75, 3.05) is 12.4 Å². The van der Waals surface area contributed by atoms with E-state index < -0.39 is 4.92 Å². The summed E-state index contributed by atoms with van der Waals surface area (Å²) in [5.41, 5.74) is 1.46. The third-order valence-electron chi connectivity index (χ3n) is 2.80. The topological polar surface area (TPSA) is 82.2 Å². The molecule has 7 nitrogen and oxygen atoms in total. The number of methoxy groups -OCH3 is 1. The van der Waals surface area contributed by atoms with E-state index in [4.69, 9.17) is 4.74 Å². The highest BCUT2D eigenvalue weighted by molar-refractivity contribution is 5.64. The number of benzene rings is 1. The third-order valence-corrected chi connectivity index (χ3v) is 2.80. The van der Waals surface area contributed by atoms with Crippen molar-refractivity contribution in [3.63, 3.8) is 0 Å². The molecule has 0 fully saturated rings. The Morgan fingerprint density at radius 1 is 1.40 bits per heavy atom. The number of hydrogen-bond donors (Lipinski definition) is 1. The Kier molecular flexibility index (Phi) is 3.88. The van der Waals surface area contributed by atoms with Gasteiger partial charge in [-0.2, -0.15) is 5.10 Å². The van der Waals surface area contributed by atoms with Crippen LogP contribution in [0.2, 0.25) is 0 Å². The maximum Gasteiger partial charge on any atom is 0.311 e. The number of ether oxygens (including phenoxy) is 1. The minimum absolute atomic E-state index is 0.0593. The summed E-state index contributed by atoms with van der Waals surface area (Å²) in [5.74, 6) is 0.219. The molecule has 0 aliphatic heterocycles. The Balaban J connectivity index is 2.22. The van der Waals surface area contributed by atoms with Crippen molar-refractivity contribution in [2.24, 2.45) is 0 Å². The molecule has 0 bridgehead atoms. The lowest BCUT2D eigenvalue weighted by atomic mass is 10.2. The second-order valence-corrected chi connectivity index (χ2v) is 4.57. The molecule has 0 spiro atoms. The van der Waals surface area contributed by atoms with E-state index in [9.17, 15) is 10.1 Å². The van der Waals surface area contributed by atoms with Gasteiger partial charge in [0, 0.05) is 30.1 Å². The van der Waals surface area contributed by atoms with E-state index in [1.807, 2.05) is 24.7 Å². The van der Waals surface area contributed by atoms with Gasteiger partial charge in [0.05, 0.1) is 23.9 Å². The van der Waals surface area contributed by atoms with Gasteiger partial charge in [-0.15, -0.1) is 0 Å². The first-order chi connectivity index (χ1) is 9.51. The highest BCUT2D eigenvalue weighted by Crippen LogP contribution is 2.30. The van der Waals surface area contributed by atoms with Crippen molar-refractivity contribution < 1.29 is 9.66 Å². The Bertz CT molecular complexity index is 622. The predicted molar refractivity (Wildman–Crippen MR) is 75.5 cm³/mol. The van der Waals surface area contributed by atoms with Crippen LogP contribution < -0.4 is 10.1 Å². The average Bonchev–Trinajstić information content (AvgIpc) is 2.87. The molecule has 0 saturated carbocycles. The van der Waals surface area contributed by atoms with Gasteiger partial charge >= 0.3 is 5.69 Å². The fourth-order valence-corrected chi connectivity index (χ4v) is 1.76. The first-order valence-electron chi connectivity index (χ1n) is 6.15. The minimum Gasteiger partial charge on any atom is -0.490 e. The Morgan fingerprint density at radius 3 is 2.70 bits per heavy atom. The van der Waals surface area contributed by atoms with Crippen molar-refractivity contribution in [3.8, 4) is 5.75 Å². The zero-order valence-corrected chi connectivity index (χ0v) is 11.5. The van der Waals surface area contributed by atoms with E-state index in [0.717, 1.165) is 5.69 Å². The summed E-state index contributed by atoms with van der Waals surface area (Å²) in [5, 5.41) is 18.2. The molecular weight excluding hydrogens is 260 g/mol. The predicted octanol–water partition coefficient (Wildman–Crippen LogP) is 3.12. The SMILES string of the molecule is COc1cc(Nc2cnn(C(C)C)c2)ccc1[N+](=O)[O-]. The van der Waals surface area contributed by atoms with Crippen LogP contribution in [-0.4, -0.2) is 21.8 Å². The van der Waals surface area contributed by atoms with E-state index in [0.29, 0.717) is 5.69 Å². The van der Waals surface area contributed by atoms with Crippen LogP contribution in [0.15, 0.2) is 30.6 Å². The van der Waals surface area contributed by atoms with E-state index in [2.05, 4.69) is 10.4 Å². The van der Waals surface area contributed by atoms with Crippen LogP contribution in [0, 0.1) is 10.1 Å². The number of aromatic nitrogens is 2. The highest BCUT2D eigenvalue weighted by atomic mass is 16.6. The van der Waals surface area contributed by atoms with Crippen molar-refractivity contribution >= 4 is 17.1 Å². The summed E-state index contributed by atoms with van der Waals surface area (Å²) >= 11 is 0. The number of nitro benzene ring substituents is 1. The number of nitrogens with one attached hydrogen (secondary N) is 1. The van der Waals surface area contributed by atoms with Gasteiger partial charge in [-0.3, -0.25) is 14.8 Å². The van der Waals surface area contributed by atoms with Gasteiger partial charge in [-0.25, -0.2) is 0 Å². The van der Waals surface area contributed by atoms with Crippen LogP contribution in [0.3, 0.4) is 0 Å². The van der Waals surface area contributed by atoms with E-state index in [1.54, 1.807) is 18.3 Å². The lowest BCUT2D eigenvalue weighted by Gasteiger charge is -2.07. The molecule has 2 aromatic rings. The third kappa shape index (κ3) is 2.87. The molecule has 0 radical (unpaired) electrons. The average molecular weight is 276 g/mol. The van der Waals surface area contributed by atoms with Crippen LogP contribution in [0.1, 0.15) is 19.9 Å². The summed E-state index contributed by atoms with van der Waals surface area (Å²) in [6.07, 6.45) is 3.58. The van der Waals surface area contributed by atoms with Gasteiger partial charge in [0.25, 0.3) is 0 Å². The lowest BCUT2D eigenvalue weighted by Crippen LogP contribution is -2.00. The molecule has 1 N–H and O–H groups in total. The Labute approximate surface area is 116 Å². The monoisotopic (exact) mass is 276 g/mol. The van der Waals surface area contributed by atoms with Gasteiger partial charge in [-0.05, 0) is 19.9 Å². The molecule has 1 heterocycles. The summed E-state index contributed by atoms with van der Waals surface area (Å²) in [6.45, 7) is 4.07. The molecule has 20 heavy (non-hydrogen) atoms. The Morgan fingerprint density at radius 2 is 2.15 bits per heavy atom. The van der Waals surface area contributed by atoms with Crippen LogP contribution in [-0.2, 0) is 0 Å². The molecule has 0 aliphatic carbocycles. The zero-order valence-electron chi connectivity index (χ0n) is 11.5. The number of nitrogens with zero attached hydrogens (tertiary/aromatic N) is 3. The van der Waals surface area contributed by atoms with Crippen LogP contribution in [0.4, 0.5) is 17.1 Å². The molecule has 0 saturated heterocycles. The summed E-state index contributed by atoms with van der Waals surface area (Å²) < 4.78 is 6.85. The van der Waals surface area contributed by atoms with Crippen molar-refractivity contribution in [1.82, 2.24) is 9.78 Å². The summed E-state index contributed by atoms with van der Waals surface area (Å²) in [6, 6.07) is 4.91. The van der Waals surface area contributed by atoms with Gasteiger partial charge in [0.1, 0.15) is 0 Å². The van der Waals surface area contributed by atoms with Gasteiger partial charge in [0.2, 0.25) is 0 Å². The fraction of sp³-hybridized carbons (Fsp3) is 0.308. The molecule has 0 atom stereocenters. The molecule has 0 aliphatic rings. The van der Waals surface area contributed by atoms with Gasteiger partial charge < -0.3 is 10.1 Å². The summed E-state index contributed by atoms with van der Waals surface area (Å²) in [7, 11) is 1.41. The van der Waals surface area contributed by atoms with Gasteiger partial charge in [0.15, 0.2) is 5.75 Å². The van der Waals surface area contributed by atoms with E-state index >= 15 is 0 Å². The maximum absolute atomic E-state index is 10.8. The van der Waals surface area contributed by atoms with E-state index in [1.165, 1.54) is 13.2 Å². The highest BCUT2D eigenvalue weighted by Gasteiger charge is 2.14.